The van der Waals surface area contributed by atoms with Gasteiger partial charge in [0.15, 0.2) is 0 Å². The zero-order chi connectivity index (χ0) is 14.5. The molecule has 0 radical (unpaired) electrons. The van der Waals surface area contributed by atoms with E-state index in [0.29, 0.717) is 18.7 Å². The molecule has 0 aliphatic rings. The lowest BCUT2D eigenvalue weighted by Gasteiger charge is -2.19. The first kappa shape index (κ1) is 15.4. The Balaban J connectivity index is 2.31. The normalized spacial score (nSPS) is 11.1. The summed E-state index contributed by atoms with van der Waals surface area (Å²) in [6.45, 7) is 5.80. The minimum Gasteiger partial charge on any atom is -0.481 e. The van der Waals surface area contributed by atoms with Gasteiger partial charge in [-0.15, -0.1) is 11.3 Å². The molecule has 106 valence electrons. The van der Waals surface area contributed by atoms with Crippen LogP contribution in [-0.4, -0.2) is 34.3 Å². The maximum Gasteiger partial charge on any atom is 0.407 e. The lowest BCUT2D eigenvalue weighted by Crippen LogP contribution is -2.33. The van der Waals surface area contributed by atoms with Crippen LogP contribution in [0.3, 0.4) is 0 Å². The summed E-state index contributed by atoms with van der Waals surface area (Å²) in [4.78, 5) is 26.0. The molecule has 1 aromatic heterocycles. The molecular formula is C12H18N2O4S. The quantitative estimate of drug-likeness (QED) is 0.862. The van der Waals surface area contributed by atoms with E-state index in [1.807, 2.05) is 0 Å². The van der Waals surface area contributed by atoms with Crippen LogP contribution in [0.5, 0.6) is 0 Å². The van der Waals surface area contributed by atoms with E-state index in [-0.39, 0.29) is 6.42 Å². The van der Waals surface area contributed by atoms with Gasteiger partial charge in [0.25, 0.3) is 0 Å². The fourth-order valence-electron chi connectivity index (χ4n) is 1.29. The minimum atomic E-state index is -0.899. The fourth-order valence-corrected chi connectivity index (χ4v) is 2.08. The molecule has 0 unspecified atom stereocenters. The number of ether oxygens (including phenoxy) is 1. The number of nitrogens with zero attached hydrogens (tertiary/aromatic N) is 1. The Labute approximate surface area is 115 Å². The second-order valence-corrected chi connectivity index (χ2v) is 5.92. The Bertz CT molecular complexity index is 451. The van der Waals surface area contributed by atoms with Gasteiger partial charge < -0.3 is 15.2 Å². The van der Waals surface area contributed by atoms with Gasteiger partial charge in [0, 0.05) is 18.3 Å². The van der Waals surface area contributed by atoms with Crippen LogP contribution in [0.2, 0.25) is 0 Å². The number of hydrogen-bond donors (Lipinski definition) is 2. The number of carboxylic acid groups (broad SMARTS) is 1. The number of alkyl carbamates (subject to hydrolysis) is 1. The number of amides is 1. The van der Waals surface area contributed by atoms with Crippen molar-refractivity contribution in [2.45, 2.75) is 39.2 Å². The third-order valence-electron chi connectivity index (χ3n) is 1.94. The van der Waals surface area contributed by atoms with Crippen LogP contribution in [-0.2, 0) is 22.4 Å². The fraction of sp³-hybridized carbons (Fsp3) is 0.583. The topological polar surface area (TPSA) is 88.5 Å². The molecule has 0 saturated heterocycles. The van der Waals surface area contributed by atoms with Gasteiger partial charge in [-0.1, -0.05) is 0 Å². The molecule has 1 aromatic rings. The summed E-state index contributed by atoms with van der Waals surface area (Å²) < 4.78 is 5.09. The monoisotopic (exact) mass is 286 g/mol. The van der Waals surface area contributed by atoms with Crippen molar-refractivity contribution in [1.29, 1.82) is 0 Å². The van der Waals surface area contributed by atoms with E-state index in [0.717, 1.165) is 5.01 Å². The number of carboxylic acids is 1. The van der Waals surface area contributed by atoms with Crippen molar-refractivity contribution in [2.24, 2.45) is 0 Å². The molecule has 0 bridgehead atoms. The van der Waals surface area contributed by atoms with E-state index >= 15 is 0 Å². The highest BCUT2D eigenvalue weighted by Crippen LogP contribution is 2.11. The molecule has 0 aromatic carbocycles. The number of nitrogens with one attached hydrogen (secondary N) is 1. The second-order valence-electron chi connectivity index (χ2n) is 4.98. The van der Waals surface area contributed by atoms with Gasteiger partial charge in [-0.25, -0.2) is 9.78 Å². The summed E-state index contributed by atoms with van der Waals surface area (Å²) in [5.74, 6) is -0.899. The van der Waals surface area contributed by atoms with Crippen LogP contribution in [0.25, 0.3) is 0 Å². The van der Waals surface area contributed by atoms with Crippen LogP contribution in [0.4, 0.5) is 4.79 Å². The summed E-state index contributed by atoms with van der Waals surface area (Å²) in [5, 5.41) is 13.8. The zero-order valence-corrected chi connectivity index (χ0v) is 12.0. The van der Waals surface area contributed by atoms with Gasteiger partial charge in [-0.2, -0.15) is 0 Å². The predicted octanol–water partition coefficient (Wildman–Crippen LogP) is 1.84. The summed E-state index contributed by atoms with van der Waals surface area (Å²) in [6, 6.07) is 0. The highest BCUT2D eigenvalue weighted by Gasteiger charge is 2.15. The molecular weight excluding hydrogens is 268 g/mol. The Hall–Kier alpha value is -1.63. The average Bonchev–Trinajstić information content (AvgIpc) is 2.61. The molecule has 2 N–H and O–H groups in total. The van der Waals surface area contributed by atoms with Crippen LogP contribution >= 0.6 is 11.3 Å². The molecule has 1 rings (SSSR count). The highest BCUT2D eigenvalue weighted by atomic mass is 32.1. The summed E-state index contributed by atoms with van der Waals surface area (Å²) in [6.07, 6.45) is 0.0225. The maximum absolute atomic E-state index is 11.4. The lowest BCUT2D eigenvalue weighted by atomic mass is 10.2. The molecule has 0 atom stereocenters. The number of thiazole rings is 1. The van der Waals surface area contributed by atoms with E-state index in [9.17, 15) is 9.59 Å². The Morgan fingerprint density at radius 1 is 1.47 bits per heavy atom. The summed E-state index contributed by atoms with van der Waals surface area (Å²) in [7, 11) is 0. The van der Waals surface area contributed by atoms with Gasteiger partial charge in [0.05, 0.1) is 17.1 Å². The molecule has 0 spiro atoms. The maximum atomic E-state index is 11.4. The van der Waals surface area contributed by atoms with Crippen molar-refractivity contribution in [3.05, 3.63) is 16.1 Å². The number of carbonyl (C=O) groups is 2. The Morgan fingerprint density at radius 3 is 2.74 bits per heavy atom. The second kappa shape index (κ2) is 6.51. The van der Waals surface area contributed by atoms with Crippen molar-refractivity contribution < 1.29 is 19.4 Å². The molecule has 6 nitrogen and oxygen atoms in total. The number of aromatic nitrogens is 1. The molecule has 1 amide bonds. The van der Waals surface area contributed by atoms with Crippen LogP contribution < -0.4 is 5.32 Å². The third kappa shape index (κ3) is 6.76. The van der Waals surface area contributed by atoms with E-state index in [1.165, 1.54) is 11.3 Å². The summed E-state index contributed by atoms with van der Waals surface area (Å²) >= 11 is 1.39. The van der Waals surface area contributed by atoms with E-state index in [4.69, 9.17) is 9.84 Å². The minimum absolute atomic E-state index is 0.0734. The summed E-state index contributed by atoms with van der Waals surface area (Å²) in [5.41, 5.74) is 0.0321. The molecule has 1 heterocycles. The van der Waals surface area contributed by atoms with Crippen molar-refractivity contribution in [1.82, 2.24) is 10.3 Å². The van der Waals surface area contributed by atoms with Crippen molar-refractivity contribution in [3.63, 3.8) is 0 Å². The predicted molar refractivity (Wildman–Crippen MR) is 71.4 cm³/mol. The molecule has 0 aliphatic heterocycles. The third-order valence-corrected chi connectivity index (χ3v) is 2.90. The SMILES string of the molecule is CC(C)(C)OC(=O)NCCc1nc(CC(=O)O)cs1. The van der Waals surface area contributed by atoms with Gasteiger partial charge in [0.1, 0.15) is 5.60 Å². The largest absolute Gasteiger partial charge is 0.481 e. The number of rotatable bonds is 5. The smallest absolute Gasteiger partial charge is 0.407 e. The lowest BCUT2D eigenvalue weighted by molar-refractivity contribution is -0.136. The number of carbonyl (C=O) groups excluding carboxylic acids is 1. The van der Waals surface area contributed by atoms with Crippen LogP contribution in [0.1, 0.15) is 31.5 Å². The van der Waals surface area contributed by atoms with E-state index < -0.39 is 17.7 Å². The Morgan fingerprint density at radius 2 is 2.16 bits per heavy atom. The van der Waals surface area contributed by atoms with Crippen LogP contribution in [0.15, 0.2) is 5.38 Å². The van der Waals surface area contributed by atoms with Crippen molar-refractivity contribution in [3.8, 4) is 0 Å². The van der Waals surface area contributed by atoms with E-state index in [2.05, 4.69) is 10.3 Å². The first-order valence-corrected chi connectivity index (χ1v) is 6.76. The first-order valence-electron chi connectivity index (χ1n) is 5.88. The van der Waals surface area contributed by atoms with Crippen molar-refractivity contribution >= 4 is 23.4 Å². The van der Waals surface area contributed by atoms with Gasteiger partial charge >= 0.3 is 12.1 Å². The highest BCUT2D eigenvalue weighted by molar-refractivity contribution is 7.09. The van der Waals surface area contributed by atoms with Crippen LogP contribution in [0, 0.1) is 0 Å². The van der Waals surface area contributed by atoms with E-state index in [1.54, 1.807) is 26.2 Å². The first-order chi connectivity index (χ1) is 8.76. The number of hydrogen-bond acceptors (Lipinski definition) is 5. The van der Waals surface area contributed by atoms with Gasteiger partial charge in [0.2, 0.25) is 0 Å². The molecule has 0 aliphatic carbocycles. The molecule has 7 heteroatoms. The Kier molecular flexibility index (Phi) is 5.29. The average molecular weight is 286 g/mol. The number of aliphatic carboxylic acids is 1. The van der Waals surface area contributed by atoms with Crippen molar-refractivity contribution in [2.75, 3.05) is 6.54 Å². The van der Waals surface area contributed by atoms with Gasteiger partial charge in [-0.05, 0) is 20.8 Å². The molecule has 0 fully saturated rings. The van der Waals surface area contributed by atoms with Gasteiger partial charge in [-0.3, -0.25) is 4.79 Å². The molecule has 0 saturated carbocycles. The zero-order valence-electron chi connectivity index (χ0n) is 11.2. The standard InChI is InChI=1S/C12H18N2O4S/c1-12(2,3)18-11(17)13-5-4-9-14-8(7-19-9)6-10(15)16/h7H,4-6H2,1-3H3,(H,13,17)(H,15,16). The molecule has 19 heavy (non-hydrogen) atoms.